The van der Waals surface area contributed by atoms with Crippen molar-refractivity contribution in [2.24, 2.45) is 0 Å². The van der Waals surface area contributed by atoms with Crippen LogP contribution in [0.1, 0.15) is 29.8 Å². The molecule has 1 atom stereocenters. The molecule has 0 aliphatic carbocycles. The van der Waals surface area contributed by atoms with Crippen LogP contribution in [0.15, 0.2) is 36.4 Å². The molecule has 0 amide bonds. The Hall–Kier alpha value is -3.15. The second kappa shape index (κ2) is 9.69. The fourth-order valence-corrected chi connectivity index (χ4v) is 2.78. The third-order valence-corrected chi connectivity index (χ3v) is 4.17. The monoisotopic (exact) mass is 386 g/mol. The van der Waals surface area contributed by atoms with Crippen molar-refractivity contribution in [2.45, 2.75) is 20.0 Å². The van der Waals surface area contributed by atoms with Crippen LogP contribution in [-0.4, -0.2) is 40.3 Å². The molecule has 0 saturated carbocycles. The summed E-state index contributed by atoms with van der Waals surface area (Å²) < 4.78 is 27.2. The Bertz CT molecular complexity index is 831. The highest BCUT2D eigenvalue weighted by Crippen LogP contribution is 2.38. The molecule has 0 spiro atoms. The lowest BCUT2D eigenvalue weighted by Crippen LogP contribution is -2.24. The van der Waals surface area contributed by atoms with Gasteiger partial charge < -0.3 is 23.7 Å². The molecule has 150 valence electrons. The first-order valence-electron chi connectivity index (χ1n) is 8.80. The Morgan fingerprint density at radius 1 is 0.857 bits per heavy atom. The van der Waals surface area contributed by atoms with Gasteiger partial charge in [-0.05, 0) is 43.7 Å². The summed E-state index contributed by atoms with van der Waals surface area (Å²) in [7, 11) is 6.08. The lowest BCUT2D eigenvalue weighted by Gasteiger charge is -2.18. The maximum atomic E-state index is 12.9. The van der Waals surface area contributed by atoms with E-state index < -0.39 is 6.10 Å². The number of allylic oxidation sites excluding steroid dienone is 1. The van der Waals surface area contributed by atoms with Gasteiger partial charge in [0.05, 0.1) is 28.4 Å². The molecule has 2 aromatic carbocycles. The smallest absolute Gasteiger partial charge is 0.203 e. The maximum absolute atomic E-state index is 12.9. The number of carbonyl (C=O) groups excluding carboxylic acids is 1. The molecule has 0 fully saturated rings. The van der Waals surface area contributed by atoms with Gasteiger partial charge in [-0.2, -0.15) is 0 Å². The summed E-state index contributed by atoms with van der Waals surface area (Å²) >= 11 is 0. The minimum Gasteiger partial charge on any atom is -0.493 e. The fourth-order valence-electron chi connectivity index (χ4n) is 2.78. The maximum Gasteiger partial charge on any atom is 0.203 e. The molecule has 0 aromatic heterocycles. The van der Waals surface area contributed by atoms with Crippen molar-refractivity contribution in [3.05, 3.63) is 47.5 Å². The lowest BCUT2D eigenvalue weighted by molar-refractivity contribution is 0.0813. The van der Waals surface area contributed by atoms with Crippen molar-refractivity contribution in [3.8, 4) is 28.7 Å². The number of Topliss-reactive ketones (excluding diaryl/α,β-unsaturated/α-hetero) is 1. The summed E-state index contributed by atoms with van der Waals surface area (Å²) in [6, 6.07) is 8.75. The van der Waals surface area contributed by atoms with E-state index in [1.165, 1.54) is 21.3 Å². The van der Waals surface area contributed by atoms with Gasteiger partial charge in [-0.15, -0.1) is 0 Å². The van der Waals surface area contributed by atoms with E-state index in [0.29, 0.717) is 34.3 Å². The van der Waals surface area contributed by atoms with Crippen molar-refractivity contribution >= 4 is 11.9 Å². The number of ketones is 1. The molecule has 6 heteroatoms. The molecule has 0 heterocycles. The zero-order chi connectivity index (χ0) is 20.7. The summed E-state index contributed by atoms with van der Waals surface area (Å²) in [6.07, 6.45) is 3.15. The summed E-state index contributed by atoms with van der Waals surface area (Å²) in [5.74, 6) is 2.07. The number of hydrogen-bond acceptors (Lipinski definition) is 6. The van der Waals surface area contributed by atoms with Crippen molar-refractivity contribution in [1.82, 2.24) is 0 Å². The quantitative estimate of drug-likeness (QED) is 0.595. The van der Waals surface area contributed by atoms with E-state index in [-0.39, 0.29) is 5.78 Å². The Morgan fingerprint density at radius 3 is 1.96 bits per heavy atom. The number of methoxy groups -OCH3 is 4. The van der Waals surface area contributed by atoms with E-state index in [1.807, 2.05) is 31.2 Å². The van der Waals surface area contributed by atoms with Gasteiger partial charge in [-0.1, -0.05) is 18.2 Å². The highest BCUT2D eigenvalue weighted by Gasteiger charge is 2.23. The summed E-state index contributed by atoms with van der Waals surface area (Å²) in [6.45, 7) is 3.62. The molecule has 0 saturated heterocycles. The van der Waals surface area contributed by atoms with Crippen molar-refractivity contribution in [2.75, 3.05) is 28.4 Å². The van der Waals surface area contributed by atoms with E-state index in [2.05, 4.69) is 0 Å². The minimum atomic E-state index is -0.746. The second-order valence-electron chi connectivity index (χ2n) is 5.95. The Morgan fingerprint density at radius 2 is 1.46 bits per heavy atom. The summed E-state index contributed by atoms with van der Waals surface area (Å²) in [5, 5.41) is 0. The van der Waals surface area contributed by atoms with Gasteiger partial charge in [0, 0.05) is 5.56 Å². The molecule has 0 aliphatic rings. The number of ether oxygens (including phenoxy) is 5. The fraction of sp³-hybridized carbons (Fsp3) is 0.318. The largest absolute Gasteiger partial charge is 0.493 e. The molecule has 1 unspecified atom stereocenters. The Labute approximate surface area is 165 Å². The van der Waals surface area contributed by atoms with Gasteiger partial charge >= 0.3 is 0 Å². The van der Waals surface area contributed by atoms with Crippen LogP contribution in [0.4, 0.5) is 0 Å². The highest BCUT2D eigenvalue weighted by atomic mass is 16.5. The minimum absolute atomic E-state index is 0.223. The van der Waals surface area contributed by atoms with Gasteiger partial charge in [0.1, 0.15) is 0 Å². The predicted molar refractivity (Wildman–Crippen MR) is 108 cm³/mol. The third kappa shape index (κ3) is 4.57. The third-order valence-electron chi connectivity index (χ3n) is 4.17. The Kier molecular flexibility index (Phi) is 7.32. The molecular formula is C22H26O6. The van der Waals surface area contributed by atoms with Gasteiger partial charge in [0.15, 0.2) is 29.1 Å². The van der Waals surface area contributed by atoms with Crippen LogP contribution in [0.25, 0.3) is 6.08 Å². The molecule has 2 aromatic rings. The van der Waals surface area contributed by atoms with Crippen molar-refractivity contribution in [1.29, 1.82) is 0 Å². The standard InChI is InChI=1S/C22H26O6/c1-7-8-15-9-10-17(18(11-15)24-3)28-14(2)21(23)16-12-19(25-4)22(27-6)20(13-16)26-5/h7-14H,1-6H3. The van der Waals surface area contributed by atoms with Crippen molar-refractivity contribution < 1.29 is 28.5 Å². The normalized spacial score (nSPS) is 11.8. The van der Waals surface area contributed by atoms with Crippen LogP contribution < -0.4 is 23.7 Å². The zero-order valence-electron chi connectivity index (χ0n) is 17.1. The molecule has 0 N–H and O–H groups in total. The molecule has 0 aliphatic heterocycles. The van der Waals surface area contributed by atoms with E-state index in [9.17, 15) is 4.79 Å². The molecule has 0 bridgehead atoms. The van der Waals surface area contributed by atoms with Gasteiger partial charge in [-0.3, -0.25) is 4.79 Å². The van der Waals surface area contributed by atoms with E-state index in [1.54, 1.807) is 32.2 Å². The Balaban J connectivity index is 2.30. The van der Waals surface area contributed by atoms with Gasteiger partial charge in [0.25, 0.3) is 0 Å². The SMILES string of the molecule is CC=Cc1ccc(OC(C)C(=O)c2cc(OC)c(OC)c(OC)c2)c(OC)c1. The van der Waals surface area contributed by atoms with Crippen LogP contribution >= 0.6 is 0 Å². The van der Waals surface area contributed by atoms with Crippen LogP contribution in [0.5, 0.6) is 28.7 Å². The van der Waals surface area contributed by atoms with E-state index in [4.69, 9.17) is 23.7 Å². The molecular weight excluding hydrogens is 360 g/mol. The van der Waals surface area contributed by atoms with Crippen LogP contribution in [0, 0.1) is 0 Å². The number of benzene rings is 2. The van der Waals surface area contributed by atoms with Crippen LogP contribution in [0.3, 0.4) is 0 Å². The average molecular weight is 386 g/mol. The first-order chi connectivity index (χ1) is 13.5. The summed E-state index contributed by atoms with van der Waals surface area (Å²) in [5.41, 5.74) is 1.38. The predicted octanol–water partition coefficient (Wildman–Crippen LogP) is 4.40. The number of rotatable bonds is 9. The number of carbonyl (C=O) groups is 1. The first-order valence-corrected chi connectivity index (χ1v) is 8.80. The van der Waals surface area contributed by atoms with Gasteiger partial charge in [-0.25, -0.2) is 0 Å². The molecule has 28 heavy (non-hydrogen) atoms. The van der Waals surface area contributed by atoms with E-state index in [0.717, 1.165) is 5.56 Å². The molecule has 6 nitrogen and oxygen atoms in total. The highest BCUT2D eigenvalue weighted by molar-refractivity contribution is 6.00. The topological polar surface area (TPSA) is 63.2 Å². The number of hydrogen-bond donors (Lipinski definition) is 0. The second-order valence-corrected chi connectivity index (χ2v) is 5.95. The molecule has 0 radical (unpaired) electrons. The van der Waals surface area contributed by atoms with E-state index >= 15 is 0 Å². The van der Waals surface area contributed by atoms with Crippen LogP contribution in [-0.2, 0) is 0 Å². The molecule has 2 rings (SSSR count). The van der Waals surface area contributed by atoms with Crippen molar-refractivity contribution in [3.63, 3.8) is 0 Å². The van der Waals surface area contributed by atoms with Gasteiger partial charge in [0.2, 0.25) is 11.5 Å². The zero-order valence-corrected chi connectivity index (χ0v) is 17.1. The van der Waals surface area contributed by atoms with Crippen LogP contribution in [0.2, 0.25) is 0 Å². The summed E-state index contributed by atoms with van der Waals surface area (Å²) in [4.78, 5) is 12.9. The first kappa shape index (κ1) is 21.2. The lowest BCUT2D eigenvalue weighted by atomic mass is 10.1. The average Bonchev–Trinajstić information content (AvgIpc) is 2.72.